The highest BCUT2D eigenvalue weighted by Crippen LogP contribution is 2.21. The predicted molar refractivity (Wildman–Crippen MR) is 84.8 cm³/mol. The second-order valence-corrected chi connectivity index (χ2v) is 6.07. The van der Waals surface area contributed by atoms with Crippen molar-refractivity contribution in [1.82, 2.24) is 5.32 Å². The van der Waals surface area contributed by atoms with Gasteiger partial charge in [-0.2, -0.15) is 0 Å². The van der Waals surface area contributed by atoms with Gasteiger partial charge in [0, 0.05) is 23.2 Å². The molecule has 22 heavy (non-hydrogen) atoms. The van der Waals surface area contributed by atoms with Crippen molar-refractivity contribution in [1.29, 1.82) is 0 Å². The second-order valence-electron chi connectivity index (χ2n) is 4.90. The Morgan fingerprint density at radius 2 is 2.05 bits per heavy atom. The number of hydrogen-bond acceptors (Lipinski definition) is 7. The number of thioether (sulfide) groups is 1. The standard InChI is InChI=1S/C14H22N2O5S/c1-11(2)15-9-12(17)10-20-13-3-5-14(6-4-13)22-8-7-21-16(18)19/h3-6,11-12,15,17H,7-10H2,1-2H3. The molecule has 2 N–H and O–H groups in total. The van der Waals surface area contributed by atoms with Gasteiger partial charge in [-0.05, 0) is 24.3 Å². The lowest BCUT2D eigenvalue weighted by Gasteiger charge is -2.15. The summed E-state index contributed by atoms with van der Waals surface area (Å²) in [7, 11) is 0. The van der Waals surface area contributed by atoms with Gasteiger partial charge < -0.3 is 20.0 Å². The largest absolute Gasteiger partial charge is 0.491 e. The van der Waals surface area contributed by atoms with Crippen LogP contribution in [-0.2, 0) is 4.84 Å². The molecule has 7 nitrogen and oxygen atoms in total. The normalized spacial score (nSPS) is 12.2. The highest BCUT2D eigenvalue weighted by molar-refractivity contribution is 7.99. The Hall–Kier alpha value is -1.51. The van der Waals surface area contributed by atoms with Crippen LogP contribution >= 0.6 is 11.8 Å². The van der Waals surface area contributed by atoms with Crippen molar-refractivity contribution in [3.63, 3.8) is 0 Å². The number of nitrogens with one attached hydrogen (secondary N) is 1. The molecule has 0 saturated carbocycles. The summed E-state index contributed by atoms with van der Waals surface area (Å²) in [4.78, 5) is 15.2. The molecular formula is C14H22N2O5S. The zero-order valence-corrected chi connectivity index (χ0v) is 13.5. The molecule has 0 aliphatic heterocycles. The molecule has 0 radical (unpaired) electrons. The van der Waals surface area contributed by atoms with Gasteiger partial charge in [0.2, 0.25) is 0 Å². The van der Waals surface area contributed by atoms with E-state index in [-0.39, 0.29) is 13.2 Å². The molecule has 0 aliphatic carbocycles. The molecule has 0 saturated heterocycles. The molecule has 1 aromatic carbocycles. The van der Waals surface area contributed by atoms with Crippen molar-refractivity contribution >= 4 is 11.8 Å². The third-order valence-corrected chi connectivity index (χ3v) is 3.55. The summed E-state index contributed by atoms with van der Waals surface area (Å²) >= 11 is 1.46. The Morgan fingerprint density at radius 1 is 1.36 bits per heavy atom. The lowest BCUT2D eigenvalue weighted by molar-refractivity contribution is -0.756. The molecule has 8 heteroatoms. The van der Waals surface area contributed by atoms with Crippen molar-refractivity contribution in [2.75, 3.05) is 25.5 Å². The van der Waals surface area contributed by atoms with Crippen LogP contribution in [0.25, 0.3) is 0 Å². The molecule has 0 aliphatic rings. The number of hydrogen-bond donors (Lipinski definition) is 2. The monoisotopic (exact) mass is 330 g/mol. The summed E-state index contributed by atoms with van der Waals surface area (Å²) in [5.41, 5.74) is 0. The molecule has 0 heterocycles. The van der Waals surface area contributed by atoms with E-state index in [0.29, 0.717) is 24.1 Å². The highest BCUT2D eigenvalue weighted by Gasteiger charge is 2.06. The van der Waals surface area contributed by atoms with Crippen LogP contribution in [0, 0.1) is 10.1 Å². The van der Waals surface area contributed by atoms with E-state index >= 15 is 0 Å². The molecule has 1 unspecified atom stereocenters. The lowest BCUT2D eigenvalue weighted by Crippen LogP contribution is -2.35. The van der Waals surface area contributed by atoms with E-state index in [1.54, 1.807) is 12.1 Å². The zero-order valence-electron chi connectivity index (χ0n) is 12.7. The Labute approximate surface area is 134 Å². The van der Waals surface area contributed by atoms with Gasteiger partial charge in [0.15, 0.2) is 0 Å². The second kappa shape index (κ2) is 10.3. The fourth-order valence-corrected chi connectivity index (χ4v) is 2.25. The Morgan fingerprint density at radius 3 is 2.64 bits per heavy atom. The van der Waals surface area contributed by atoms with Crippen LogP contribution < -0.4 is 10.1 Å². The van der Waals surface area contributed by atoms with Crippen molar-refractivity contribution in [2.24, 2.45) is 0 Å². The molecule has 1 rings (SSSR count). The van der Waals surface area contributed by atoms with Gasteiger partial charge in [-0.25, -0.2) is 0 Å². The quantitative estimate of drug-likeness (QED) is 0.276. The van der Waals surface area contributed by atoms with Gasteiger partial charge in [-0.3, -0.25) is 0 Å². The van der Waals surface area contributed by atoms with Gasteiger partial charge in [-0.1, -0.05) is 13.8 Å². The van der Waals surface area contributed by atoms with Crippen LogP contribution in [-0.4, -0.2) is 47.9 Å². The van der Waals surface area contributed by atoms with Gasteiger partial charge in [-0.15, -0.1) is 21.9 Å². The van der Waals surface area contributed by atoms with Crippen LogP contribution in [0.1, 0.15) is 13.8 Å². The first-order valence-corrected chi connectivity index (χ1v) is 8.00. The third-order valence-electron chi connectivity index (χ3n) is 2.58. The Bertz CT molecular complexity index is 441. The first-order chi connectivity index (χ1) is 10.5. The molecule has 1 atom stereocenters. The van der Waals surface area contributed by atoms with Crippen molar-refractivity contribution in [3.05, 3.63) is 34.4 Å². The molecule has 0 bridgehead atoms. The number of aliphatic hydroxyl groups excluding tert-OH is 1. The van der Waals surface area contributed by atoms with E-state index < -0.39 is 11.2 Å². The average molecular weight is 330 g/mol. The van der Waals surface area contributed by atoms with Crippen LogP contribution in [0.4, 0.5) is 0 Å². The predicted octanol–water partition coefficient (Wildman–Crippen LogP) is 1.72. The third kappa shape index (κ3) is 8.71. The number of aliphatic hydroxyl groups is 1. The maximum Gasteiger partial charge on any atom is 0.294 e. The summed E-state index contributed by atoms with van der Waals surface area (Å²) < 4.78 is 5.50. The molecule has 124 valence electrons. The summed E-state index contributed by atoms with van der Waals surface area (Å²) in [6.07, 6.45) is -0.560. The van der Waals surface area contributed by atoms with E-state index in [1.807, 2.05) is 26.0 Å². The van der Waals surface area contributed by atoms with Crippen LogP contribution in [0.15, 0.2) is 29.2 Å². The van der Waals surface area contributed by atoms with Crippen molar-refractivity contribution < 1.29 is 19.8 Å². The summed E-state index contributed by atoms with van der Waals surface area (Å²) in [5.74, 6) is 1.18. The lowest BCUT2D eigenvalue weighted by atomic mass is 10.3. The van der Waals surface area contributed by atoms with Gasteiger partial charge >= 0.3 is 0 Å². The first kappa shape index (κ1) is 18.5. The maximum atomic E-state index is 10.00. The smallest absolute Gasteiger partial charge is 0.294 e. The van der Waals surface area contributed by atoms with Gasteiger partial charge in [0.1, 0.15) is 25.1 Å². The SMILES string of the molecule is CC(C)NCC(O)COc1ccc(SCCO[N+](=O)[O-])cc1. The number of benzene rings is 1. The fourth-order valence-electron chi connectivity index (χ4n) is 1.53. The summed E-state index contributed by atoms with van der Waals surface area (Å²) in [6.45, 7) is 4.80. The van der Waals surface area contributed by atoms with Crippen LogP contribution in [0.5, 0.6) is 5.75 Å². The van der Waals surface area contributed by atoms with Crippen molar-refractivity contribution in [3.8, 4) is 5.75 Å². The summed E-state index contributed by atoms with van der Waals surface area (Å²) in [6, 6.07) is 7.67. The minimum atomic E-state index is -0.795. The number of ether oxygens (including phenoxy) is 1. The molecule has 0 amide bonds. The number of nitrogens with zero attached hydrogens (tertiary/aromatic N) is 1. The van der Waals surface area contributed by atoms with Gasteiger partial charge in [0.25, 0.3) is 5.09 Å². The zero-order chi connectivity index (χ0) is 16.4. The highest BCUT2D eigenvalue weighted by atomic mass is 32.2. The first-order valence-electron chi connectivity index (χ1n) is 7.01. The summed E-state index contributed by atoms with van der Waals surface area (Å²) in [5, 5.41) is 22.1. The maximum absolute atomic E-state index is 10.00. The molecule has 1 aromatic rings. The average Bonchev–Trinajstić information content (AvgIpc) is 2.48. The Kier molecular flexibility index (Phi) is 8.64. The van der Waals surface area contributed by atoms with E-state index in [2.05, 4.69) is 10.2 Å². The van der Waals surface area contributed by atoms with E-state index in [0.717, 1.165) is 4.90 Å². The fraction of sp³-hybridized carbons (Fsp3) is 0.571. The Balaban J connectivity index is 2.25. The minimum absolute atomic E-state index is 0.0605. The molecule has 0 spiro atoms. The van der Waals surface area contributed by atoms with Crippen LogP contribution in [0.2, 0.25) is 0 Å². The molecule has 0 aromatic heterocycles. The van der Waals surface area contributed by atoms with E-state index in [1.165, 1.54) is 11.8 Å². The van der Waals surface area contributed by atoms with Crippen molar-refractivity contribution in [2.45, 2.75) is 30.9 Å². The van der Waals surface area contributed by atoms with Crippen LogP contribution in [0.3, 0.4) is 0 Å². The van der Waals surface area contributed by atoms with E-state index in [4.69, 9.17) is 4.74 Å². The molecular weight excluding hydrogens is 308 g/mol. The van der Waals surface area contributed by atoms with Gasteiger partial charge in [0.05, 0.1) is 0 Å². The number of rotatable bonds is 11. The topological polar surface area (TPSA) is 93.9 Å². The molecule has 0 fully saturated rings. The van der Waals surface area contributed by atoms with E-state index in [9.17, 15) is 15.2 Å². The minimum Gasteiger partial charge on any atom is -0.491 e.